The fourth-order valence-electron chi connectivity index (χ4n) is 17.7. The molecule has 5 fully saturated rings. The van der Waals surface area contributed by atoms with Gasteiger partial charge in [-0.1, -0.05) is 188 Å². The van der Waals surface area contributed by atoms with Crippen LogP contribution in [0, 0.1) is 0 Å². The van der Waals surface area contributed by atoms with Gasteiger partial charge in [0.2, 0.25) is 0 Å². The van der Waals surface area contributed by atoms with E-state index in [0.29, 0.717) is 104 Å². The molecule has 0 saturated carbocycles. The van der Waals surface area contributed by atoms with Crippen LogP contribution in [0.25, 0.3) is 56.3 Å². The summed E-state index contributed by atoms with van der Waals surface area (Å²) in [5.41, 5.74) is 42.9. The molecule has 135 heavy (non-hydrogen) atoms. The Kier molecular flexibility index (Phi) is 30.5. The average molecular weight is 1810 g/mol. The van der Waals surface area contributed by atoms with Crippen LogP contribution in [0.4, 0.5) is 46.2 Å². The molecule has 5 unspecified atom stereocenters. The topological polar surface area (TPSA) is 424 Å². The van der Waals surface area contributed by atoms with Crippen LogP contribution in [0.3, 0.4) is 0 Å². The highest BCUT2D eigenvalue weighted by atomic mass is 16.5. The number of aliphatic hydroxyl groups is 1. The van der Waals surface area contributed by atoms with Gasteiger partial charge in [0, 0.05) is 121 Å². The van der Waals surface area contributed by atoms with Gasteiger partial charge in [0.15, 0.2) is 40.5 Å². The highest BCUT2D eigenvalue weighted by Gasteiger charge is 2.37. The van der Waals surface area contributed by atoms with Gasteiger partial charge in [-0.2, -0.15) is 0 Å². The van der Waals surface area contributed by atoms with Crippen LogP contribution in [-0.2, 0) is 18.7 Å². The molecular formula is C106H112N20O9. The second kappa shape index (κ2) is 44.5. The van der Waals surface area contributed by atoms with Gasteiger partial charge in [-0.05, 0) is 178 Å². The van der Waals surface area contributed by atoms with Crippen molar-refractivity contribution in [3.8, 4) is 102 Å². The second-order valence-electron chi connectivity index (χ2n) is 34.2. The standard InChI is InChI=1S/C22H24N4O2.C22H24N4O.2C21H22N4O2.C20H20N4O2/c23-22-21(13-19(24-25-22)18-10-4-5-11-20(18)27)28-17-9-6-12-26(15-17)14-16-7-2-1-3-8-16;23-22-19(13-20(24-25-22)18-10-4-5-11-21(18)27)17-9-6-12-26(15-17)14-16-7-2-1-3-8-16;22-21-20(13-18(23-24-21)17-10-4-5-11-19(17)26)27-16-9-6-12-25(14-16)15-7-2-1-3-8-15;22-20-18(13-17(23-24-20)16-9-4-5-10-19(16)26)25-12-6-11-21(27,14-25)15-7-2-1-3-8-15;21-20-19(12-17(22-23-20)16-8-4-5-9-18(16)25)26-15-10-11-24(13-15)14-6-2-1-3-7-14/h1-5,7-8,10-11,13,17,27H,6,9,12,14-15H2,(H2,23,25);1-5,7-8,10-11,13,17,27H,6,9,12,14-15H2,(H2,23,25);1-5,7-8,10-11,13,16,26H,6,9,12,14H2,(H2,22,24);1-5,7-10,13,26-27H,6,11-12,14H2,(H2,22,24);1-9,12,15,25H,10-11,13H2,(H2,21,23). The molecule has 5 aliphatic rings. The highest BCUT2D eigenvalue weighted by Crippen LogP contribution is 2.42. The van der Waals surface area contributed by atoms with Crippen LogP contribution >= 0.6 is 0 Å². The van der Waals surface area contributed by atoms with Crippen molar-refractivity contribution in [1.29, 1.82) is 0 Å². The van der Waals surface area contributed by atoms with Gasteiger partial charge in [0.25, 0.3) is 0 Å². The second-order valence-corrected chi connectivity index (χ2v) is 34.2. The minimum Gasteiger partial charge on any atom is -0.507 e. The smallest absolute Gasteiger partial charge is 0.188 e. The number of β-amino-alcohol motifs (C(OH)–C–C–N with tert-alkyl or cyclic N) is 1. The lowest BCUT2D eigenvalue weighted by Gasteiger charge is -2.41. The Morgan fingerprint density at radius 3 is 1.07 bits per heavy atom. The Bertz CT molecular complexity index is 6390. The molecule has 29 nitrogen and oxygen atoms in total. The molecule has 690 valence electrons. The van der Waals surface area contributed by atoms with E-state index >= 15 is 0 Å². The minimum absolute atomic E-state index is 0.0164. The van der Waals surface area contributed by atoms with E-state index in [1.54, 1.807) is 103 Å². The molecule has 0 spiro atoms. The van der Waals surface area contributed by atoms with Crippen molar-refractivity contribution in [2.75, 3.05) is 109 Å². The first-order valence-electron chi connectivity index (χ1n) is 45.6. The Morgan fingerprint density at radius 2 is 0.637 bits per heavy atom. The van der Waals surface area contributed by atoms with E-state index in [0.717, 1.165) is 140 Å². The van der Waals surface area contributed by atoms with E-state index in [1.807, 2.05) is 132 Å². The van der Waals surface area contributed by atoms with E-state index in [-0.39, 0.29) is 64.5 Å². The van der Waals surface area contributed by atoms with Crippen LogP contribution in [0.15, 0.2) is 303 Å². The number of phenols is 5. The van der Waals surface area contributed by atoms with Crippen molar-refractivity contribution in [1.82, 2.24) is 60.8 Å². The maximum absolute atomic E-state index is 11.2. The first-order chi connectivity index (χ1) is 65.9. The fourth-order valence-corrected chi connectivity index (χ4v) is 17.7. The van der Waals surface area contributed by atoms with Gasteiger partial charge < -0.3 is 88.2 Å². The molecule has 0 aliphatic carbocycles. The molecule has 5 atom stereocenters. The molecule has 16 N–H and O–H groups in total. The number of benzene rings is 10. The molecule has 0 amide bonds. The highest BCUT2D eigenvalue weighted by molar-refractivity contribution is 5.76. The quantitative estimate of drug-likeness (QED) is 0.0337. The molecular weight excluding hydrogens is 1700 g/mol. The van der Waals surface area contributed by atoms with Crippen molar-refractivity contribution in [3.63, 3.8) is 0 Å². The van der Waals surface area contributed by atoms with Gasteiger partial charge in [-0.3, -0.25) is 9.80 Å². The van der Waals surface area contributed by atoms with E-state index in [9.17, 15) is 30.6 Å². The number of para-hydroxylation sites is 7. The number of hydrogen-bond acceptors (Lipinski definition) is 29. The number of aromatic hydroxyl groups is 5. The van der Waals surface area contributed by atoms with Crippen molar-refractivity contribution < 1.29 is 44.8 Å². The molecule has 20 rings (SSSR count). The summed E-state index contributed by atoms with van der Waals surface area (Å²) in [5.74, 6) is 4.20. The number of ether oxygens (including phenoxy) is 3. The first-order valence-corrected chi connectivity index (χ1v) is 45.6. The summed E-state index contributed by atoms with van der Waals surface area (Å²) < 4.78 is 18.5. The van der Waals surface area contributed by atoms with E-state index in [1.165, 1.54) is 22.5 Å². The van der Waals surface area contributed by atoms with Gasteiger partial charge in [-0.15, -0.1) is 51.0 Å². The van der Waals surface area contributed by atoms with Gasteiger partial charge in [0.05, 0.1) is 36.7 Å². The first kappa shape index (κ1) is 92.5. The van der Waals surface area contributed by atoms with Crippen molar-refractivity contribution in [2.45, 2.75) is 101 Å². The Hall–Kier alpha value is -15.7. The number of likely N-dealkylation sites (tertiary alicyclic amines) is 2. The lowest BCUT2D eigenvalue weighted by molar-refractivity contribution is 0.0219. The molecule has 10 aromatic carbocycles. The summed E-state index contributed by atoms with van der Waals surface area (Å²) in [5, 5.41) is 103. The Labute approximate surface area is 784 Å². The summed E-state index contributed by atoms with van der Waals surface area (Å²) in [7, 11) is 0. The molecule has 10 heterocycles. The van der Waals surface area contributed by atoms with Gasteiger partial charge in [-0.25, -0.2) is 0 Å². The monoisotopic (exact) mass is 1810 g/mol. The predicted octanol–water partition coefficient (Wildman–Crippen LogP) is 16.8. The fraction of sp³-hybridized carbons (Fsp3) is 0.245. The zero-order valence-electron chi connectivity index (χ0n) is 75.0. The Balaban J connectivity index is 0.000000123. The Morgan fingerprint density at radius 1 is 0.304 bits per heavy atom. The number of rotatable bonds is 20. The maximum atomic E-state index is 11.2. The van der Waals surface area contributed by atoms with Gasteiger partial charge >= 0.3 is 0 Å². The van der Waals surface area contributed by atoms with Crippen LogP contribution < -0.4 is 57.6 Å². The van der Waals surface area contributed by atoms with E-state index in [2.05, 4.69) is 143 Å². The molecule has 0 bridgehead atoms. The zero-order chi connectivity index (χ0) is 93.4. The SMILES string of the molecule is Nc1nnc(-c2ccccc2O)cc1C1CCCN(Cc2ccccc2)C1.Nc1nnc(-c2ccccc2O)cc1N1CCCC(O)(c2ccccc2)C1.Nc1nnc(-c2ccccc2O)cc1OC1CCCN(Cc2ccccc2)C1.Nc1nnc(-c2ccccc2O)cc1OC1CCCN(c2ccccc2)C1.Nc1nnc(-c2ccccc2O)cc1OC1CCN(c2ccccc2)C1. The zero-order valence-corrected chi connectivity index (χ0v) is 75.0. The van der Waals surface area contributed by atoms with E-state index < -0.39 is 5.60 Å². The number of anilines is 8. The third kappa shape index (κ3) is 24.2. The summed E-state index contributed by atoms with van der Waals surface area (Å²) >= 11 is 0. The van der Waals surface area contributed by atoms with Crippen molar-refractivity contribution >= 4 is 46.2 Å². The van der Waals surface area contributed by atoms with Crippen LogP contribution in [0.1, 0.15) is 86.0 Å². The summed E-state index contributed by atoms with van der Waals surface area (Å²) in [6.45, 7) is 10.5. The number of hydrogen-bond donors (Lipinski definition) is 11. The minimum atomic E-state index is -0.940. The van der Waals surface area contributed by atoms with Crippen molar-refractivity contribution in [2.24, 2.45) is 0 Å². The third-order valence-corrected chi connectivity index (χ3v) is 24.6. The molecule has 5 aromatic heterocycles. The summed E-state index contributed by atoms with van der Waals surface area (Å²) in [4.78, 5) is 11.5. The number of aromatic nitrogens is 10. The molecule has 5 aliphatic heterocycles. The summed E-state index contributed by atoms with van der Waals surface area (Å²) in [6.07, 6.45) is 8.78. The number of nitrogens with two attached hydrogens (primary N) is 5. The lowest BCUT2D eigenvalue weighted by Crippen LogP contribution is -2.46. The molecule has 0 radical (unpaired) electrons. The largest absolute Gasteiger partial charge is 0.507 e. The van der Waals surface area contributed by atoms with Crippen LogP contribution in [-0.4, -0.2) is 175 Å². The van der Waals surface area contributed by atoms with Crippen LogP contribution in [0.2, 0.25) is 0 Å². The normalized spacial score (nSPS) is 17.7. The number of piperidine rings is 4. The molecule has 5 saturated heterocycles. The average Bonchev–Trinajstić information content (AvgIpc) is 0.906. The third-order valence-electron chi connectivity index (χ3n) is 24.6. The molecule has 15 aromatic rings. The number of nitrogens with zero attached hydrogens (tertiary/aromatic N) is 15. The molecule has 29 heteroatoms. The van der Waals surface area contributed by atoms with Crippen LogP contribution in [0.5, 0.6) is 46.0 Å². The number of phenolic OH excluding ortho intramolecular Hbond substituents is 5. The van der Waals surface area contributed by atoms with Crippen molar-refractivity contribution in [3.05, 3.63) is 326 Å². The van der Waals surface area contributed by atoms with E-state index in [4.69, 9.17) is 42.9 Å². The summed E-state index contributed by atoms with van der Waals surface area (Å²) in [6, 6.07) is 95.6. The van der Waals surface area contributed by atoms with Gasteiger partial charge in [0.1, 0.15) is 75.6 Å². The number of nitrogen functional groups attached to an aromatic ring is 5. The maximum Gasteiger partial charge on any atom is 0.188 e. The predicted molar refractivity (Wildman–Crippen MR) is 529 cm³/mol. The lowest BCUT2D eigenvalue weighted by atomic mass is 9.85.